The Labute approximate surface area is 138 Å². The first-order valence-electron chi connectivity index (χ1n) is 6.64. The van der Waals surface area contributed by atoms with Crippen LogP contribution in [0, 0.1) is 10.1 Å². The number of nitrogens with one attached hydrogen (secondary N) is 1. The Kier molecular flexibility index (Phi) is 5.46. The maximum Gasteiger partial charge on any atom is 0.294 e. The quantitative estimate of drug-likeness (QED) is 0.562. The van der Waals surface area contributed by atoms with Crippen molar-refractivity contribution in [3.05, 3.63) is 56.6 Å². The molecule has 0 unspecified atom stereocenters. The molecule has 0 saturated heterocycles. The van der Waals surface area contributed by atoms with Gasteiger partial charge in [0.2, 0.25) is 0 Å². The van der Waals surface area contributed by atoms with Crippen molar-refractivity contribution in [2.24, 2.45) is 0 Å². The SMILES string of the molecule is CCCOc1ccc(Nc2cc(Cl)c(Cl)cc2[N+](=O)[O-])cc1. The standard InChI is InChI=1S/C15H14Cl2N2O3/c1-2-7-22-11-5-3-10(4-6-11)18-14-8-12(16)13(17)9-15(14)19(20)21/h3-6,8-9,18H,2,7H2,1H3. The maximum absolute atomic E-state index is 11.1. The topological polar surface area (TPSA) is 64.4 Å². The minimum Gasteiger partial charge on any atom is -0.494 e. The highest BCUT2D eigenvalue weighted by atomic mass is 35.5. The molecular weight excluding hydrogens is 327 g/mol. The summed E-state index contributed by atoms with van der Waals surface area (Å²) in [6.07, 6.45) is 0.926. The number of rotatable bonds is 6. The van der Waals surface area contributed by atoms with Crippen LogP contribution in [0.5, 0.6) is 5.75 Å². The molecule has 22 heavy (non-hydrogen) atoms. The van der Waals surface area contributed by atoms with Crippen molar-refractivity contribution in [2.75, 3.05) is 11.9 Å². The summed E-state index contributed by atoms with van der Waals surface area (Å²) in [6.45, 7) is 2.67. The summed E-state index contributed by atoms with van der Waals surface area (Å²) in [7, 11) is 0. The van der Waals surface area contributed by atoms with Gasteiger partial charge in [-0.05, 0) is 36.8 Å². The van der Waals surface area contributed by atoms with Gasteiger partial charge in [-0.2, -0.15) is 0 Å². The predicted octanol–water partition coefficient (Wildman–Crippen LogP) is 5.43. The van der Waals surface area contributed by atoms with Crippen molar-refractivity contribution >= 4 is 40.3 Å². The van der Waals surface area contributed by atoms with Crippen molar-refractivity contribution in [1.29, 1.82) is 0 Å². The number of anilines is 2. The van der Waals surface area contributed by atoms with E-state index in [9.17, 15) is 10.1 Å². The first kappa shape index (κ1) is 16.4. The van der Waals surface area contributed by atoms with Gasteiger partial charge in [0, 0.05) is 11.8 Å². The van der Waals surface area contributed by atoms with Gasteiger partial charge in [-0.25, -0.2) is 0 Å². The fourth-order valence-corrected chi connectivity index (χ4v) is 2.12. The molecule has 0 aliphatic rings. The van der Waals surface area contributed by atoms with Crippen molar-refractivity contribution in [2.45, 2.75) is 13.3 Å². The third-order valence-electron chi connectivity index (χ3n) is 2.84. The van der Waals surface area contributed by atoms with E-state index < -0.39 is 4.92 Å². The van der Waals surface area contributed by atoms with E-state index in [1.54, 1.807) is 24.3 Å². The Balaban J connectivity index is 2.23. The number of nitro groups is 1. The molecule has 1 N–H and O–H groups in total. The van der Waals surface area contributed by atoms with Gasteiger partial charge in [0.25, 0.3) is 5.69 Å². The molecule has 0 aromatic heterocycles. The molecular formula is C15H14Cl2N2O3. The first-order valence-corrected chi connectivity index (χ1v) is 7.40. The van der Waals surface area contributed by atoms with Crippen molar-refractivity contribution in [3.63, 3.8) is 0 Å². The zero-order valence-electron chi connectivity index (χ0n) is 11.8. The number of benzene rings is 2. The van der Waals surface area contributed by atoms with Crippen LogP contribution in [0.3, 0.4) is 0 Å². The Morgan fingerprint density at radius 3 is 2.41 bits per heavy atom. The van der Waals surface area contributed by atoms with Crippen LogP contribution >= 0.6 is 23.2 Å². The average molecular weight is 341 g/mol. The predicted molar refractivity (Wildman–Crippen MR) is 88.6 cm³/mol. The van der Waals surface area contributed by atoms with E-state index in [0.29, 0.717) is 12.3 Å². The van der Waals surface area contributed by atoms with Crippen LogP contribution in [0.2, 0.25) is 10.0 Å². The van der Waals surface area contributed by atoms with Crippen LogP contribution in [-0.2, 0) is 0 Å². The molecule has 0 spiro atoms. The van der Waals surface area contributed by atoms with Gasteiger partial charge in [0.1, 0.15) is 11.4 Å². The van der Waals surface area contributed by atoms with E-state index in [-0.39, 0.29) is 21.4 Å². The second kappa shape index (κ2) is 7.33. The second-order valence-corrected chi connectivity index (χ2v) is 5.35. The fraction of sp³-hybridized carbons (Fsp3) is 0.200. The van der Waals surface area contributed by atoms with Gasteiger partial charge >= 0.3 is 0 Å². The van der Waals surface area contributed by atoms with Crippen molar-refractivity contribution in [1.82, 2.24) is 0 Å². The summed E-state index contributed by atoms with van der Waals surface area (Å²) in [5.74, 6) is 0.746. The summed E-state index contributed by atoms with van der Waals surface area (Å²) in [6, 6.07) is 9.80. The van der Waals surface area contributed by atoms with Gasteiger partial charge in [0.05, 0.1) is 21.6 Å². The average Bonchev–Trinajstić information content (AvgIpc) is 2.49. The van der Waals surface area contributed by atoms with E-state index in [2.05, 4.69) is 5.32 Å². The van der Waals surface area contributed by atoms with E-state index in [1.807, 2.05) is 6.92 Å². The number of hydrogen-bond acceptors (Lipinski definition) is 4. The number of nitrogens with zero attached hydrogens (tertiary/aromatic N) is 1. The molecule has 0 saturated carbocycles. The summed E-state index contributed by atoms with van der Waals surface area (Å²) in [4.78, 5) is 10.6. The molecule has 116 valence electrons. The lowest BCUT2D eigenvalue weighted by Crippen LogP contribution is -1.98. The Morgan fingerprint density at radius 2 is 1.82 bits per heavy atom. The number of hydrogen-bond donors (Lipinski definition) is 1. The van der Waals surface area contributed by atoms with Gasteiger partial charge in [-0.3, -0.25) is 10.1 Å². The molecule has 7 heteroatoms. The molecule has 5 nitrogen and oxygen atoms in total. The molecule has 2 aromatic carbocycles. The zero-order valence-corrected chi connectivity index (χ0v) is 13.3. The normalized spacial score (nSPS) is 10.3. The maximum atomic E-state index is 11.1. The highest BCUT2D eigenvalue weighted by Crippen LogP contribution is 2.35. The molecule has 0 amide bonds. The summed E-state index contributed by atoms with van der Waals surface area (Å²) < 4.78 is 5.48. The van der Waals surface area contributed by atoms with Gasteiger partial charge in [0.15, 0.2) is 0 Å². The molecule has 0 fully saturated rings. The van der Waals surface area contributed by atoms with Gasteiger partial charge in [-0.15, -0.1) is 0 Å². The first-order chi connectivity index (χ1) is 10.5. The molecule has 0 bridgehead atoms. The van der Waals surface area contributed by atoms with Crippen LogP contribution in [0.15, 0.2) is 36.4 Å². The van der Waals surface area contributed by atoms with Crippen LogP contribution in [0.1, 0.15) is 13.3 Å². The number of nitro benzene ring substituents is 1. The largest absolute Gasteiger partial charge is 0.494 e. The molecule has 2 aromatic rings. The van der Waals surface area contributed by atoms with Gasteiger partial charge in [-0.1, -0.05) is 30.1 Å². The minimum atomic E-state index is -0.511. The summed E-state index contributed by atoms with van der Waals surface area (Å²) in [5, 5.41) is 14.4. The fourth-order valence-electron chi connectivity index (χ4n) is 1.80. The van der Waals surface area contributed by atoms with E-state index in [4.69, 9.17) is 27.9 Å². The van der Waals surface area contributed by atoms with Gasteiger partial charge < -0.3 is 10.1 Å². The monoisotopic (exact) mass is 340 g/mol. The molecule has 0 atom stereocenters. The lowest BCUT2D eigenvalue weighted by atomic mass is 10.2. The third-order valence-corrected chi connectivity index (χ3v) is 3.56. The highest BCUT2D eigenvalue weighted by Gasteiger charge is 2.17. The summed E-state index contributed by atoms with van der Waals surface area (Å²) in [5.41, 5.74) is 0.827. The van der Waals surface area contributed by atoms with Crippen LogP contribution < -0.4 is 10.1 Å². The van der Waals surface area contributed by atoms with Crippen LogP contribution in [0.4, 0.5) is 17.1 Å². The number of halogens is 2. The van der Waals surface area contributed by atoms with Crippen molar-refractivity contribution < 1.29 is 9.66 Å². The Hall–Kier alpha value is -1.98. The molecule has 0 aliphatic carbocycles. The molecule has 0 aliphatic heterocycles. The lowest BCUT2D eigenvalue weighted by Gasteiger charge is -2.10. The lowest BCUT2D eigenvalue weighted by molar-refractivity contribution is -0.383. The van der Waals surface area contributed by atoms with Crippen LogP contribution in [0.25, 0.3) is 0 Å². The highest BCUT2D eigenvalue weighted by molar-refractivity contribution is 6.42. The third kappa shape index (κ3) is 4.02. The Bertz CT molecular complexity index is 675. The molecule has 2 rings (SSSR count). The smallest absolute Gasteiger partial charge is 0.294 e. The zero-order chi connectivity index (χ0) is 16.1. The summed E-state index contributed by atoms with van der Waals surface area (Å²) >= 11 is 11.7. The van der Waals surface area contributed by atoms with E-state index in [1.165, 1.54) is 12.1 Å². The van der Waals surface area contributed by atoms with Crippen molar-refractivity contribution in [3.8, 4) is 5.75 Å². The Morgan fingerprint density at radius 1 is 1.18 bits per heavy atom. The minimum absolute atomic E-state index is 0.138. The number of ether oxygens (including phenoxy) is 1. The molecule has 0 radical (unpaired) electrons. The van der Waals surface area contributed by atoms with E-state index >= 15 is 0 Å². The molecule has 0 heterocycles. The van der Waals surface area contributed by atoms with E-state index in [0.717, 1.165) is 12.2 Å². The second-order valence-electron chi connectivity index (χ2n) is 4.54. The van der Waals surface area contributed by atoms with Crippen LogP contribution in [-0.4, -0.2) is 11.5 Å².